The van der Waals surface area contributed by atoms with Crippen LogP contribution in [-0.2, 0) is 6.54 Å². The van der Waals surface area contributed by atoms with Gasteiger partial charge >= 0.3 is 6.03 Å². The average molecular weight is 305 g/mol. The molecule has 0 aromatic heterocycles. The van der Waals surface area contributed by atoms with Crippen molar-refractivity contribution >= 4 is 17.6 Å². The molecule has 2 N–H and O–H groups in total. The van der Waals surface area contributed by atoms with Crippen molar-refractivity contribution < 1.29 is 9.53 Å². The minimum absolute atomic E-state index is 0.221. The zero-order chi connectivity index (χ0) is 14.9. The van der Waals surface area contributed by atoms with Crippen LogP contribution in [0.4, 0.5) is 4.79 Å². The van der Waals surface area contributed by atoms with Gasteiger partial charge in [-0.25, -0.2) is 4.79 Å². The molecule has 0 aliphatic carbocycles. The van der Waals surface area contributed by atoms with Crippen molar-refractivity contribution in [2.24, 2.45) is 0 Å². The molecule has 2 aromatic carbocycles. The van der Waals surface area contributed by atoms with Crippen molar-refractivity contribution in [3.05, 3.63) is 65.2 Å². The molecule has 5 heteroatoms. The highest BCUT2D eigenvalue weighted by Crippen LogP contribution is 2.22. The number of carbonyl (C=O) groups is 1. The van der Waals surface area contributed by atoms with E-state index in [0.717, 1.165) is 5.56 Å². The largest absolute Gasteiger partial charge is 0.490 e. The summed E-state index contributed by atoms with van der Waals surface area (Å²) in [5, 5.41) is 6.06. The Balaban J connectivity index is 1.62. The third-order valence-electron chi connectivity index (χ3n) is 2.78. The van der Waals surface area contributed by atoms with Crippen LogP contribution in [-0.4, -0.2) is 19.2 Å². The Morgan fingerprint density at radius 2 is 1.71 bits per heavy atom. The highest BCUT2D eigenvalue weighted by atomic mass is 35.5. The summed E-state index contributed by atoms with van der Waals surface area (Å²) in [5.41, 5.74) is 1.06. The summed E-state index contributed by atoms with van der Waals surface area (Å²) in [6, 6.07) is 16.7. The summed E-state index contributed by atoms with van der Waals surface area (Å²) in [4.78, 5) is 11.6. The van der Waals surface area contributed by atoms with E-state index in [4.69, 9.17) is 16.3 Å². The first-order chi connectivity index (χ1) is 10.3. The van der Waals surface area contributed by atoms with E-state index in [2.05, 4.69) is 10.6 Å². The third kappa shape index (κ3) is 5.36. The van der Waals surface area contributed by atoms with Gasteiger partial charge in [0.1, 0.15) is 12.4 Å². The summed E-state index contributed by atoms with van der Waals surface area (Å²) in [6.07, 6.45) is 0. The van der Waals surface area contributed by atoms with Crippen LogP contribution in [0.1, 0.15) is 5.56 Å². The molecule has 0 radical (unpaired) electrons. The Hall–Kier alpha value is -2.20. The molecule has 0 bridgehead atoms. The molecule has 2 aromatic rings. The summed E-state index contributed by atoms with van der Waals surface area (Å²) in [7, 11) is 0. The maximum absolute atomic E-state index is 11.6. The van der Waals surface area contributed by atoms with Gasteiger partial charge in [-0.05, 0) is 17.7 Å². The topological polar surface area (TPSA) is 50.4 Å². The lowest BCUT2D eigenvalue weighted by Gasteiger charge is -2.10. The molecule has 0 spiro atoms. The van der Waals surface area contributed by atoms with Crippen LogP contribution in [0.3, 0.4) is 0 Å². The van der Waals surface area contributed by atoms with Gasteiger partial charge in [0.2, 0.25) is 0 Å². The van der Waals surface area contributed by atoms with E-state index in [0.29, 0.717) is 30.5 Å². The Morgan fingerprint density at radius 1 is 1.00 bits per heavy atom. The van der Waals surface area contributed by atoms with Gasteiger partial charge in [0.05, 0.1) is 11.6 Å². The minimum atomic E-state index is -0.221. The van der Waals surface area contributed by atoms with Crippen molar-refractivity contribution in [2.45, 2.75) is 6.54 Å². The Bertz CT molecular complexity index is 575. The standard InChI is InChI=1S/C16H17ClN2O2/c17-14-8-4-5-9-15(14)21-11-10-18-16(20)19-12-13-6-2-1-3-7-13/h1-9H,10-12H2,(H2,18,19,20). The quantitative estimate of drug-likeness (QED) is 0.805. The molecule has 0 heterocycles. The summed E-state index contributed by atoms with van der Waals surface area (Å²) >= 11 is 5.96. The number of amides is 2. The Labute approximate surface area is 129 Å². The van der Waals surface area contributed by atoms with Crippen molar-refractivity contribution in [1.29, 1.82) is 0 Å². The Kier molecular flexibility index (Phi) is 5.91. The molecule has 4 nitrogen and oxygen atoms in total. The molecule has 2 amide bonds. The molecule has 0 unspecified atom stereocenters. The van der Waals surface area contributed by atoms with Crippen LogP contribution in [0.25, 0.3) is 0 Å². The van der Waals surface area contributed by atoms with Gasteiger partial charge in [0.25, 0.3) is 0 Å². The van der Waals surface area contributed by atoms with Crippen molar-refractivity contribution in [2.75, 3.05) is 13.2 Å². The molecular formula is C16H17ClN2O2. The van der Waals surface area contributed by atoms with Gasteiger partial charge in [-0.3, -0.25) is 0 Å². The van der Waals surface area contributed by atoms with Gasteiger partial charge in [-0.1, -0.05) is 54.1 Å². The van der Waals surface area contributed by atoms with E-state index in [1.807, 2.05) is 42.5 Å². The van der Waals surface area contributed by atoms with Crippen LogP contribution >= 0.6 is 11.6 Å². The second-order valence-electron chi connectivity index (χ2n) is 4.37. The smallest absolute Gasteiger partial charge is 0.315 e. The monoisotopic (exact) mass is 304 g/mol. The molecule has 0 aliphatic heterocycles. The second-order valence-corrected chi connectivity index (χ2v) is 4.78. The fraction of sp³-hybridized carbons (Fsp3) is 0.188. The number of halogens is 1. The van der Waals surface area contributed by atoms with Crippen molar-refractivity contribution in [3.63, 3.8) is 0 Å². The molecule has 2 rings (SSSR count). The van der Waals surface area contributed by atoms with Gasteiger partial charge in [0, 0.05) is 6.54 Å². The summed E-state index contributed by atoms with van der Waals surface area (Å²) < 4.78 is 5.48. The zero-order valence-corrected chi connectivity index (χ0v) is 12.3. The average Bonchev–Trinajstić information content (AvgIpc) is 2.52. The van der Waals surface area contributed by atoms with Crippen LogP contribution in [0.5, 0.6) is 5.75 Å². The zero-order valence-electron chi connectivity index (χ0n) is 11.5. The number of rotatable bonds is 6. The molecule has 110 valence electrons. The number of urea groups is 1. The van der Waals surface area contributed by atoms with E-state index in [1.54, 1.807) is 12.1 Å². The lowest BCUT2D eigenvalue weighted by molar-refractivity contribution is 0.236. The number of nitrogens with one attached hydrogen (secondary N) is 2. The molecule has 0 saturated carbocycles. The maximum Gasteiger partial charge on any atom is 0.315 e. The number of benzene rings is 2. The number of hydrogen-bond donors (Lipinski definition) is 2. The second kappa shape index (κ2) is 8.17. The highest BCUT2D eigenvalue weighted by molar-refractivity contribution is 6.32. The fourth-order valence-electron chi connectivity index (χ4n) is 1.73. The number of para-hydroxylation sites is 1. The normalized spacial score (nSPS) is 9.95. The first-order valence-corrected chi connectivity index (χ1v) is 7.06. The molecule has 0 fully saturated rings. The van der Waals surface area contributed by atoms with Crippen LogP contribution in [0, 0.1) is 0 Å². The van der Waals surface area contributed by atoms with Crippen molar-refractivity contribution in [3.8, 4) is 5.75 Å². The van der Waals surface area contributed by atoms with Gasteiger partial charge in [-0.2, -0.15) is 0 Å². The molecule has 0 saturated heterocycles. The van der Waals surface area contributed by atoms with Crippen molar-refractivity contribution in [1.82, 2.24) is 10.6 Å². The first kappa shape index (κ1) is 15.2. The maximum atomic E-state index is 11.6. The lowest BCUT2D eigenvalue weighted by Crippen LogP contribution is -2.37. The predicted molar refractivity (Wildman–Crippen MR) is 83.6 cm³/mol. The van der Waals surface area contributed by atoms with E-state index in [9.17, 15) is 4.79 Å². The lowest BCUT2D eigenvalue weighted by atomic mass is 10.2. The Morgan fingerprint density at radius 3 is 2.48 bits per heavy atom. The molecular weight excluding hydrogens is 288 g/mol. The number of ether oxygens (including phenoxy) is 1. The first-order valence-electron chi connectivity index (χ1n) is 6.68. The fourth-order valence-corrected chi connectivity index (χ4v) is 1.92. The highest BCUT2D eigenvalue weighted by Gasteiger charge is 2.01. The van der Waals surface area contributed by atoms with Crippen LogP contribution < -0.4 is 15.4 Å². The van der Waals surface area contributed by atoms with Crippen LogP contribution in [0.15, 0.2) is 54.6 Å². The number of hydrogen-bond acceptors (Lipinski definition) is 2. The van der Waals surface area contributed by atoms with E-state index < -0.39 is 0 Å². The molecule has 21 heavy (non-hydrogen) atoms. The van der Waals surface area contributed by atoms with Crippen LogP contribution in [0.2, 0.25) is 5.02 Å². The van der Waals surface area contributed by atoms with Gasteiger partial charge in [-0.15, -0.1) is 0 Å². The van der Waals surface area contributed by atoms with Gasteiger partial charge < -0.3 is 15.4 Å². The van der Waals surface area contributed by atoms with E-state index in [1.165, 1.54) is 0 Å². The number of carbonyl (C=O) groups excluding carboxylic acids is 1. The molecule has 0 aliphatic rings. The van der Waals surface area contributed by atoms with E-state index >= 15 is 0 Å². The third-order valence-corrected chi connectivity index (χ3v) is 3.09. The summed E-state index contributed by atoms with van der Waals surface area (Å²) in [6.45, 7) is 1.27. The minimum Gasteiger partial charge on any atom is -0.490 e. The van der Waals surface area contributed by atoms with E-state index in [-0.39, 0.29) is 6.03 Å². The molecule has 0 atom stereocenters. The summed E-state index contributed by atoms with van der Waals surface area (Å²) in [5.74, 6) is 0.616. The predicted octanol–water partition coefficient (Wildman–Crippen LogP) is 3.22. The van der Waals surface area contributed by atoms with Gasteiger partial charge in [0.15, 0.2) is 0 Å². The SMILES string of the molecule is O=C(NCCOc1ccccc1Cl)NCc1ccccc1.